The van der Waals surface area contributed by atoms with Crippen LogP contribution >= 0.6 is 15.9 Å². The van der Waals surface area contributed by atoms with E-state index in [1.807, 2.05) is 4.90 Å². The molecule has 7 heteroatoms. The summed E-state index contributed by atoms with van der Waals surface area (Å²) in [6, 6.07) is 4.84. The Balaban J connectivity index is 1.88. The average Bonchev–Trinajstić information content (AvgIpc) is 2.49. The number of rotatable bonds is 5. The predicted octanol–water partition coefficient (Wildman–Crippen LogP) is 3.17. The number of nitrogens with one attached hydrogen (secondary N) is 1. The van der Waals surface area contributed by atoms with E-state index in [1.54, 1.807) is 12.1 Å². The number of hydrogen-bond acceptors (Lipinski definition) is 4. The van der Waals surface area contributed by atoms with Crippen molar-refractivity contribution in [2.24, 2.45) is 0 Å². The van der Waals surface area contributed by atoms with E-state index >= 15 is 0 Å². The van der Waals surface area contributed by atoms with E-state index in [4.69, 9.17) is 0 Å². The third kappa shape index (κ3) is 4.42. The molecule has 1 fully saturated rings. The maximum Gasteiger partial charge on any atom is 0.293 e. The van der Waals surface area contributed by atoms with Gasteiger partial charge in [0, 0.05) is 36.6 Å². The molecule has 2 rings (SSSR count). The summed E-state index contributed by atoms with van der Waals surface area (Å²) in [6.45, 7) is 2.06. The Morgan fingerprint density at radius 2 is 2.05 bits per heavy atom. The van der Waals surface area contributed by atoms with Gasteiger partial charge in [0.1, 0.15) is 5.69 Å². The molecule has 1 aliphatic rings. The molecule has 1 aliphatic heterocycles. The van der Waals surface area contributed by atoms with Crippen molar-refractivity contribution in [3.05, 3.63) is 32.8 Å². The van der Waals surface area contributed by atoms with Crippen molar-refractivity contribution in [3.63, 3.8) is 0 Å². The number of piperidine rings is 1. The molecule has 21 heavy (non-hydrogen) atoms. The highest BCUT2D eigenvalue weighted by molar-refractivity contribution is 9.10. The Labute approximate surface area is 131 Å². The zero-order valence-corrected chi connectivity index (χ0v) is 13.3. The van der Waals surface area contributed by atoms with Gasteiger partial charge in [-0.3, -0.25) is 14.9 Å². The number of halogens is 1. The molecule has 0 radical (unpaired) electrons. The lowest BCUT2D eigenvalue weighted by Crippen LogP contribution is -2.36. The van der Waals surface area contributed by atoms with Crippen LogP contribution in [0.4, 0.5) is 11.4 Å². The van der Waals surface area contributed by atoms with Gasteiger partial charge in [-0.1, -0.05) is 15.9 Å². The molecule has 0 unspecified atom stereocenters. The van der Waals surface area contributed by atoms with Crippen molar-refractivity contribution in [3.8, 4) is 0 Å². The minimum atomic E-state index is -0.431. The molecule has 0 saturated carbocycles. The van der Waals surface area contributed by atoms with E-state index in [2.05, 4.69) is 21.2 Å². The van der Waals surface area contributed by atoms with Crippen LogP contribution in [0.3, 0.4) is 0 Å². The molecule has 6 nitrogen and oxygen atoms in total. The summed E-state index contributed by atoms with van der Waals surface area (Å²) < 4.78 is 0.657. The summed E-state index contributed by atoms with van der Waals surface area (Å²) in [5.74, 6) is 0.113. The van der Waals surface area contributed by atoms with E-state index in [0.29, 0.717) is 23.1 Å². The first-order chi connectivity index (χ1) is 10.1. The zero-order valence-electron chi connectivity index (χ0n) is 11.7. The second kappa shape index (κ2) is 7.40. The smallest absolute Gasteiger partial charge is 0.293 e. The Bertz CT molecular complexity index is 530. The maximum absolute atomic E-state index is 12.0. The molecular weight excluding hydrogens is 338 g/mol. The summed E-state index contributed by atoms with van der Waals surface area (Å²) in [5.41, 5.74) is 0.449. The molecule has 114 valence electrons. The summed E-state index contributed by atoms with van der Waals surface area (Å²) >= 11 is 3.22. The number of likely N-dealkylation sites (tertiary alicyclic amines) is 1. The third-order valence-corrected chi connectivity index (χ3v) is 4.01. The van der Waals surface area contributed by atoms with E-state index in [0.717, 1.165) is 25.9 Å². The van der Waals surface area contributed by atoms with E-state index in [1.165, 1.54) is 12.5 Å². The van der Waals surface area contributed by atoms with Gasteiger partial charge in [-0.2, -0.15) is 0 Å². The van der Waals surface area contributed by atoms with Crippen molar-refractivity contribution in [1.82, 2.24) is 4.90 Å². The van der Waals surface area contributed by atoms with Crippen LogP contribution in [0, 0.1) is 10.1 Å². The van der Waals surface area contributed by atoms with Crippen LogP contribution in [0.5, 0.6) is 0 Å². The topological polar surface area (TPSA) is 75.5 Å². The molecule has 1 N–H and O–H groups in total. The minimum Gasteiger partial charge on any atom is -0.379 e. The Morgan fingerprint density at radius 3 is 2.71 bits per heavy atom. The second-order valence-corrected chi connectivity index (χ2v) is 5.95. The van der Waals surface area contributed by atoms with Gasteiger partial charge in [-0.15, -0.1) is 0 Å². The van der Waals surface area contributed by atoms with Gasteiger partial charge in [0.25, 0.3) is 5.69 Å². The Kier molecular flexibility index (Phi) is 5.55. The number of nitro groups is 1. The molecule has 0 spiro atoms. The number of hydrogen-bond donors (Lipinski definition) is 1. The fraction of sp³-hybridized carbons (Fsp3) is 0.500. The van der Waals surface area contributed by atoms with Gasteiger partial charge < -0.3 is 10.2 Å². The van der Waals surface area contributed by atoms with E-state index in [9.17, 15) is 14.9 Å². The van der Waals surface area contributed by atoms with Crippen LogP contribution in [0.15, 0.2) is 22.7 Å². The van der Waals surface area contributed by atoms with Crippen molar-refractivity contribution >= 4 is 33.2 Å². The van der Waals surface area contributed by atoms with Crippen molar-refractivity contribution in [2.45, 2.75) is 25.7 Å². The summed E-state index contributed by atoms with van der Waals surface area (Å²) in [6.07, 6.45) is 3.68. The molecule has 0 aromatic heterocycles. The third-order valence-electron chi connectivity index (χ3n) is 3.52. The molecule has 0 atom stereocenters. The Morgan fingerprint density at radius 1 is 1.33 bits per heavy atom. The van der Waals surface area contributed by atoms with Crippen molar-refractivity contribution in [2.75, 3.05) is 25.0 Å². The molecule has 1 aromatic carbocycles. The maximum atomic E-state index is 12.0. The lowest BCUT2D eigenvalue weighted by molar-refractivity contribution is -0.384. The first kappa shape index (κ1) is 15.8. The first-order valence-electron chi connectivity index (χ1n) is 7.03. The second-order valence-electron chi connectivity index (χ2n) is 5.04. The molecule has 1 aromatic rings. The number of carbonyl (C=O) groups excluding carboxylic acids is 1. The largest absolute Gasteiger partial charge is 0.379 e. The molecule has 1 saturated heterocycles. The van der Waals surface area contributed by atoms with Gasteiger partial charge in [0.05, 0.1) is 4.92 Å². The van der Waals surface area contributed by atoms with E-state index < -0.39 is 4.92 Å². The number of nitrogens with zero attached hydrogens (tertiary/aromatic N) is 2. The van der Waals surface area contributed by atoms with Gasteiger partial charge in [0.15, 0.2) is 0 Å². The summed E-state index contributed by atoms with van der Waals surface area (Å²) in [7, 11) is 0. The standard InChI is InChI=1S/C14H18BrN3O3/c15-11-4-5-12(13(10-11)18(20)21)16-7-6-14(19)17-8-2-1-3-9-17/h4-5,10,16H,1-3,6-9H2. The van der Waals surface area contributed by atoms with Crippen LogP contribution in [0.25, 0.3) is 0 Å². The van der Waals surface area contributed by atoms with Gasteiger partial charge in [-0.05, 0) is 31.4 Å². The molecular formula is C14H18BrN3O3. The highest BCUT2D eigenvalue weighted by Gasteiger charge is 2.17. The molecule has 0 aliphatic carbocycles. The van der Waals surface area contributed by atoms with Gasteiger partial charge >= 0.3 is 0 Å². The molecule has 1 heterocycles. The summed E-state index contributed by atoms with van der Waals surface area (Å²) in [5, 5.41) is 14.0. The highest BCUT2D eigenvalue weighted by Crippen LogP contribution is 2.27. The van der Waals surface area contributed by atoms with Crippen LogP contribution in [0.2, 0.25) is 0 Å². The minimum absolute atomic E-state index is 0.00907. The fourth-order valence-electron chi connectivity index (χ4n) is 2.41. The zero-order chi connectivity index (χ0) is 15.2. The van der Waals surface area contributed by atoms with Crippen LogP contribution in [-0.2, 0) is 4.79 Å². The summed E-state index contributed by atoms with van der Waals surface area (Å²) in [4.78, 5) is 24.4. The van der Waals surface area contributed by atoms with Crippen molar-refractivity contribution in [1.29, 1.82) is 0 Å². The SMILES string of the molecule is O=C(CCNc1ccc(Br)cc1[N+](=O)[O-])N1CCCCC1. The average molecular weight is 356 g/mol. The normalized spacial score (nSPS) is 14.8. The van der Waals surface area contributed by atoms with Crippen molar-refractivity contribution < 1.29 is 9.72 Å². The number of carbonyl (C=O) groups is 1. The lowest BCUT2D eigenvalue weighted by Gasteiger charge is -2.26. The van der Waals surface area contributed by atoms with Crippen LogP contribution < -0.4 is 5.32 Å². The number of anilines is 1. The quantitative estimate of drug-likeness (QED) is 0.650. The van der Waals surface area contributed by atoms with Gasteiger partial charge in [0.2, 0.25) is 5.91 Å². The Hall–Kier alpha value is -1.63. The first-order valence-corrected chi connectivity index (χ1v) is 7.83. The number of benzene rings is 1. The van der Waals surface area contributed by atoms with Crippen LogP contribution in [0.1, 0.15) is 25.7 Å². The van der Waals surface area contributed by atoms with E-state index in [-0.39, 0.29) is 11.6 Å². The lowest BCUT2D eigenvalue weighted by atomic mass is 10.1. The number of amides is 1. The van der Waals surface area contributed by atoms with Gasteiger partial charge in [-0.25, -0.2) is 0 Å². The monoisotopic (exact) mass is 355 g/mol. The molecule has 0 bridgehead atoms. The van der Waals surface area contributed by atoms with Crippen LogP contribution in [-0.4, -0.2) is 35.4 Å². The molecule has 1 amide bonds. The number of nitro benzene ring substituents is 1. The highest BCUT2D eigenvalue weighted by atomic mass is 79.9. The predicted molar refractivity (Wildman–Crippen MR) is 84.3 cm³/mol. The fourth-order valence-corrected chi connectivity index (χ4v) is 2.76.